The lowest BCUT2D eigenvalue weighted by Crippen LogP contribution is -2.53. The number of Topliss-reactive ketones (excluding diaryl/α,β-unsaturated/α-hetero) is 1. The van der Waals surface area contributed by atoms with Gasteiger partial charge in [-0.1, -0.05) is 44.7 Å². The molecule has 2 aliphatic heterocycles. The van der Waals surface area contributed by atoms with Gasteiger partial charge in [0.15, 0.2) is 5.78 Å². The first kappa shape index (κ1) is 45.2. The average molecular weight is 808 g/mol. The molecule has 2 aromatic rings. The van der Waals surface area contributed by atoms with Crippen LogP contribution in [0, 0.1) is 0 Å². The van der Waals surface area contributed by atoms with Crippen LogP contribution in [-0.4, -0.2) is 114 Å². The molecule has 1 unspecified atom stereocenters. The summed E-state index contributed by atoms with van der Waals surface area (Å²) in [5, 5.41) is 35.1. The summed E-state index contributed by atoms with van der Waals surface area (Å²) >= 11 is 0. The number of unbranched alkanes of at least 4 members (excludes halogenated alkanes) is 5. The van der Waals surface area contributed by atoms with Crippen LogP contribution in [0.4, 0.5) is 0 Å². The van der Waals surface area contributed by atoms with Crippen molar-refractivity contribution >= 4 is 41.2 Å². The van der Waals surface area contributed by atoms with E-state index in [1.54, 1.807) is 6.07 Å². The Bertz CT molecular complexity index is 1800. The molecule has 0 spiro atoms. The number of hydrogen-bond acceptors (Lipinski definition) is 11. The Labute approximate surface area is 338 Å². The van der Waals surface area contributed by atoms with Crippen molar-refractivity contribution in [2.24, 2.45) is 5.73 Å². The van der Waals surface area contributed by atoms with Crippen molar-refractivity contribution in [3.63, 3.8) is 0 Å². The van der Waals surface area contributed by atoms with E-state index in [4.69, 9.17) is 10.5 Å². The third-order valence-electron chi connectivity index (χ3n) is 10.1. The number of ether oxygens (including phenoxy) is 1. The van der Waals surface area contributed by atoms with Crippen LogP contribution in [-0.2, 0) is 44.7 Å². The molecule has 9 N–H and O–H groups in total. The van der Waals surface area contributed by atoms with E-state index in [0.29, 0.717) is 31.4 Å². The van der Waals surface area contributed by atoms with Crippen molar-refractivity contribution in [1.82, 2.24) is 31.5 Å². The maximum absolute atomic E-state index is 14.3. The zero-order valence-corrected chi connectivity index (χ0v) is 33.3. The minimum atomic E-state index is -1.41. The van der Waals surface area contributed by atoms with Gasteiger partial charge in [-0.05, 0) is 67.6 Å². The van der Waals surface area contributed by atoms with Crippen LogP contribution in [0.15, 0.2) is 36.4 Å². The number of carbonyl (C=O) groups is 7. The maximum Gasteiger partial charge on any atom is 0.247 e. The second-order valence-corrected chi connectivity index (χ2v) is 14.7. The standard InChI is InChI=1S/C41H57N7O10/c1-3-4-5-6-7-11-35(52)43-18-16-36(53)46-29(10-8-9-17-42)41(57)48(2)38-26-13-15-32(50)28(21-26)27-19-25(12-14-31(27)49)20-30(47-37(54)23-45-40(38)56)39(55)44-22-33(51)34-24-58-34/h12-15,19,21,29-30,34,38,49-50H,3-11,16-18,20,22-24,42H2,1-2H3,(H,43,52)(H,44,55)(H,45,56)(H,46,53)(H,47,54)/t29-,30-,34?,38-/m0/s1. The number of rotatable bonds is 20. The third kappa shape index (κ3) is 13.5. The topological polar surface area (TPSA) is 262 Å². The summed E-state index contributed by atoms with van der Waals surface area (Å²) in [5.74, 6) is -4.30. The summed E-state index contributed by atoms with van der Waals surface area (Å²) in [6, 6.07) is 4.91. The number of ketones is 1. The number of amides is 6. The number of carbonyl (C=O) groups excluding carboxylic acids is 7. The molecule has 4 bridgehead atoms. The zero-order chi connectivity index (χ0) is 42.2. The average Bonchev–Trinajstić information content (AvgIpc) is 4.05. The predicted octanol–water partition coefficient (Wildman–Crippen LogP) is 0.986. The summed E-state index contributed by atoms with van der Waals surface area (Å²) in [7, 11) is 1.37. The van der Waals surface area contributed by atoms with Gasteiger partial charge in [0, 0.05) is 44.0 Å². The van der Waals surface area contributed by atoms with E-state index in [0.717, 1.165) is 37.0 Å². The second kappa shape index (κ2) is 22.4. The van der Waals surface area contributed by atoms with Crippen LogP contribution < -0.4 is 32.3 Å². The van der Waals surface area contributed by atoms with E-state index in [-0.39, 0.29) is 78.8 Å². The smallest absolute Gasteiger partial charge is 0.247 e. The van der Waals surface area contributed by atoms with Crippen molar-refractivity contribution in [3.8, 4) is 22.6 Å². The molecule has 2 heterocycles. The highest BCUT2D eigenvalue weighted by atomic mass is 16.6. The van der Waals surface area contributed by atoms with Crippen molar-refractivity contribution < 1.29 is 48.5 Å². The molecule has 0 aliphatic carbocycles. The van der Waals surface area contributed by atoms with Crippen LogP contribution >= 0.6 is 0 Å². The van der Waals surface area contributed by atoms with Crippen molar-refractivity contribution in [1.29, 1.82) is 0 Å². The summed E-state index contributed by atoms with van der Waals surface area (Å²) in [5.41, 5.74) is 6.67. The Hall–Kier alpha value is -5.55. The first-order valence-electron chi connectivity index (χ1n) is 20.0. The van der Waals surface area contributed by atoms with Gasteiger partial charge >= 0.3 is 0 Å². The quantitative estimate of drug-likeness (QED) is 0.0691. The molecular weight excluding hydrogens is 750 g/mol. The monoisotopic (exact) mass is 807 g/mol. The summed E-state index contributed by atoms with van der Waals surface area (Å²) in [6.45, 7) is 1.90. The Morgan fingerprint density at radius 1 is 0.914 bits per heavy atom. The van der Waals surface area contributed by atoms with Crippen LogP contribution in [0.5, 0.6) is 11.5 Å². The van der Waals surface area contributed by atoms with E-state index in [9.17, 15) is 43.8 Å². The summed E-state index contributed by atoms with van der Waals surface area (Å²) in [4.78, 5) is 93.5. The molecule has 0 radical (unpaired) electrons. The molecule has 2 aliphatic rings. The lowest BCUT2D eigenvalue weighted by molar-refractivity contribution is -0.142. The number of nitrogens with two attached hydrogens (primary N) is 1. The zero-order valence-electron chi connectivity index (χ0n) is 33.3. The van der Waals surface area contributed by atoms with Crippen LogP contribution in [0.25, 0.3) is 11.1 Å². The van der Waals surface area contributed by atoms with Gasteiger partial charge in [0.05, 0.1) is 19.7 Å². The number of nitrogens with one attached hydrogen (secondary N) is 5. The Balaban J connectivity index is 1.57. The molecule has 0 aromatic heterocycles. The highest BCUT2D eigenvalue weighted by Gasteiger charge is 2.35. The number of fused-ring (bicyclic) bond motifs is 5. The number of aromatic hydroxyl groups is 2. The van der Waals surface area contributed by atoms with Crippen LogP contribution in [0.1, 0.15) is 88.3 Å². The SMILES string of the molecule is CCCCCCCC(=O)NCCC(=O)N[C@@H](CCCCN)C(=O)N(C)[C@@H]1C(=O)NCC(=O)N[C@H](C(=O)NCC(=O)C2CO2)Cc2ccc(O)c(c2)-c2cc1ccc2O. The molecule has 1 fully saturated rings. The number of nitrogens with zero attached hydrogens (tertiary/aromatic N) is 1. The Kier molecular flexibility index (Phi) is 17.4. The number of hydrogen-bond donors (Lipinski definition) is 8. The highest BCUT2D eigenvalue weighted by molar-refractivity contribution is 5.96. The molecule has 1 saturated heterocycles. The van der Waals surface area contributed by atoms with Crippen molar-refractivity contribution in [2.75, 3.05) is 39.8 Å². The van der Waals surface area contributed by atoms with E-state index in [2.05, 4.69) is 33.5 Å². The lowest BCUT2D eigenvalue weighted by atomic mass is 9.93. The largest absolute Gasteiger partial charge is 0.507 e. The second-order valence-electron chi connectivity index (χ2n) is 14.7. The molecule has 4 atom stereocenters. The fourth-order valence-electron chi connectivity index (χ4n) is 6.70. The van der Waals surface area contributed by atoms with Crippen LogP contribution in [0.2, 0.25) is 0 Å². The van der Waals surface area contributed by atoms with Gasteiger partial charge in [-0.2, -0.15) is 0 Å². The maximum atomic E-state index is 14.3. The van der Waals surface area contributed by atoms with Crippen molar-refractivity contribution in [2.45, 2.75) is 102 Å². The Morgan fingerprint density at radius 3 is 2.33 bits per heavy atom. The Morgan fingerprint density at radius 2 is 1.62 bits per heavy atom. The molecule has 2 aromatic carbocycles. The molecular formula is C41H57N7O10. The number of likely N-dealkylation sites (N-methyl/N-ethyl adjacent to an activating group) is 1. The van der Waals surface area contributed by atoms with E-state index < -0.39 is 60.3 Å². The normalized spacial score (nSPS) is 18.1. The number of phenols is 2. The first-order chi connectivity index (χ1) is 27.8. The summed E-state index contributed by atoms with van der Waals surface area (Å²) in [6.07, 6.45) is 5.84. The van der Waals surface area contributed by atoms with Gasteiger partial charge in [-0.15, -0.1) is 0 Å². The molecule has 4 rings (SSSR count). The molecule has 0 saturated carbocycles. The fourth-order valence-corrected chi connectivity index (χ4v) is 6.70. The van der Waals surface area contributed by atoms with Gasteiger partial charge < -0.3 is 52.2 Å². The van der Waals surface area contributed by atoms with Crippen molar-refractivity contribution in [3.05, 3.63) is 47.5 Å². The van der Waals surface area contributed by atoms with E-state index in [1.807, 2.05) is 0 Å². The van der Waals surface area contributed by atoms with E-state index >= 15 is 0 Å². The molecule has 17 heteroatoms. The van der Waals surface area contributed by atoms with Gasteiger partial charge in [0.1, 0.15) is 35.7 Å². The molecule has 316 valence electrons. The number of benzene rings is 2. The predicted molar refractivity (Wildman–Crippen MR) is 213 cm³/mol. The minimum Gasteiger partial charge on any atom is -0.507 e. The summed E-state index contributed by atoms with van der Waals surface area (Å²) < 4.78 is 4.97. The van der Waals surface area contributed by atoms with Crippen LogP contribution in [0.3, 0.4) is 0 Å². The van der Waals surface area contributed by atoms with Gasteiger partial charge in [0.2, 0.25) is 35.4 Å². The number of epoxide rings is 1. The minimum absolute atomic E-state index is 0.0734. The number of phenolic OH excluding ortho intramolecular Hbond substituents is 2. The van der Waals surface area contributed by atoms with Gasteiger partial charge in [0.25, 0.3) is 0 Å². The van der Waals surface area contributed by atoms with E-state index in [1.165, 1.54) is 37.4 Å². The molecule has 58 heavy (non-hydrogen) atoms. The molecule has 6 amide bonds. The fraction of sp³-hybridized carbons (Fsp3) is 0.537. The third-order valence-corrected chi connectivity index (χ3v) is 10.1. The highest BCUT2D eigenvalue weighted by Crippen LogP contribution is 2.38. The lowest BCUT2D eigenvalue weighted by Gasteiger charge is -2.32. The van der Waals surface area contributed by atoms with Gasteiger partial charge in [-0.3, -0.25) is 33.6 Å². The first-order valence-corrected chi connectivity index (χ1v) is 20.0. The molecule has 17 nitrogen and oxygen atoms in total. The van der Waals surface area contributed by atoms with Gasteiger partial charge in [-0.25, -0.2) is 0 Å².